The number of ether oxygens (including phenoxy) is 1. The molecule has 0 bridgehead atoms. The largest absolute Gasteiger partial charge is 0.476 e. The van der Waals surface area contributed by atoms with E-state index in [-0.39, 0.29) is 11.4 Å². The molecule has 1 aromatic heterocycles. The third-order valence-electron chi connectivity index (χ3n) is 4.47. The van der Waals surface area contributed by atoms with Gasteiger partial charge >= 0.3 is 5.97 Å². The van der Waals surface area contributed by atoms with Crippen molar-refractivity contribution >= 4 is 62.7 Å². The number of nitrogens with zero attached hydrogens (tertiary/aromatic N) is 1. The molecular formula is C22H14Cl2INO3. The zero-order chi connectivity index (χ0) is 20.5. The first-order valence-corrected chi connectivity index (χ1v) is 10.5. The maximum atomic E-state index is 12.2. The Morgan fingerprint density at radius 3 is 2.28 bits per heavy atom. The summed E-state index contributed by atoms with van der Waals surface area (Å²) in [5.41, 5.74) is 1.71. The summed E-state index contributed by atoms with van der Waals surface area (Å²) >= 11 is 14.4. The fourth-order valence-corrected chi connectivity index (χ4v) is 3.83. The molecule has 0 saturated carbocycles. The number of halogens is 3. The molecule has 0 spiro atoms. The van der Waals surface area contributed by atoms with Crippen LogP contribution in [0.15, 0.2) is 66.7 Å². The number of rotatable bonds is 5. The molecule has 0 aliphatic carbocycles. The van der Waals surface area contributed by atoms with Gasteiger partial charge in [-0.2, -0.15) is 0 Å². The van der Waals surface area contributed by atoms with Crippen LogP contribution < -0.4 is 4.74 Å². The SMILES string of the molecule is O=C(O)c1c(Oc2ccc(I)cc2)c2cc(Cl)ccc2n1Cc1ccc(Cl)cc1. The number of carboxylic acids is 1. The van der Waals surface area contributed by atoms with Crippen molar-refractivity contribution in [3.63, 3.8) is 0 Å². The molecule has 7 heteroatoms. The molecule has 146 valence electrons. The number of carbonyl (C=O) groups is 1. The summed E-state index contributed by atoms with van der Waals surface area (Å²) in [6.45, 7) is 0.354. The number of aromatic nitrogens is 1. The van der Waals surface area contributed by atoms with E-state index in [9.17, 15) is 9.90 Å². The Morgan fingerprint density at radius 1 is 0.966 bits per heavy atom. The minimum absolute atomic E-state index is 0.0655. The van der Waals surface area contributed by atoms with Crippen molar-refractivity contribution in [2.75, 3.05) is 0 Å². The van der Waals surface area contributed by atoms with Crippen molar-refractivity contribution in [2.24, 2.45) is 0 Å². The Morgan fingerprint density at radius 2 is 1.62 bits per heavy atom. The zero-order valence-corrected chi connectivity index (χ0v) is 18.6. The molecule has 3 aromatic carbocycles. The highest BCUT2D eigenvalue weighted by molar-refractivity contribution is 14.1. The topological polar surface area (TPSA) is 51.5 Å². The number of aromatic carboxylic acids is 1. The molecule has 4 nitrogen and oxygen atoms in total. The van der Waals surface area contributed by atoms with Crippen LogP contribution in [0.25, 0.3) is 10.9 Å². The van der Waals surface area contributed by atoms with Crippen LogP contribution in [-0.2, 0) is 6.54 Å². The normalized spacial score (nSPS) is 11.0. The Bertz CT molecular complexity index is 1200. The summed E-state index contributed by atoms with van der Waals surface area (Å²) in [5.74, 6) is -0.254. The van der Waals surface area contributed by atoms with Gasteiger partial charge in [0.1, 0.15) is 5.75 Å². The standard InChI is InChI=1S/C22H14Cl2INO3/c23-14-3-1-13(2-4-14)12-26-19-10-5-15(24)11-18(19)21(20(26)22(27)28)29-17-8-6-16(25)7-9-17/h1-11H,12H2,(H,27,28). The predicted molar refractivity (Wildman–Crippen MR) is 124 cm³/mol. The van der Waals surface area contributed by atoms with Crippen molar-refractivity contribution < 1.29 is 14.6 Å². The second kappa shape index (κ2) is 8.26. The van der Waals surface area contributed by atoms with Crippen LogP contribution in [-0.4, -0.2) is 15.6 Å². The second-order valence-corrected chi connectivity index (χ2v) is 8.53. The molecule has 0 fully saturated rings. The van der Waals surface area contributed by atoms with E-state index in [0.717, 1.165) is 14.7 Å². The highest BCUT2D eigenvalue weighted by Crippen LogP contribution is 2.38. The molecule has 0 atom stereocenters. The summed E-state index contributed by atoms with van der Waals surface area (Å²) in [5, 5.41) is 11.8. The van der Waals surface area contributed by atoms with E-state index in [1.807, 2.05) is 24.3 Å². The van der Waals surface area contributed by atoms with Crippen LogP contribution in [0.1, 0.15) is 16.1 Å². The van der Waals surface area contributed by atoms with Gasteiger partial charge < -0.3 is 14.4 Å². The number of hydrogen-bond acceptors (Lipinski definition) is 2. The van der Waals surface area contributed by atoms with Crippen LogP contribution in [0.2, 0.25) is 10.0 Å². The van der Waals surface area contributed by atoms with Crippen LogP contribution in [0, 0.1) is 3.57 Å². The molecule has 0 unspecified atom stereocenters. The zero-order valence-electron chi connectivity index (χ0n) is 14.9. The smallest absolute Gasteiger partial charge is 0.356 e. The molecule has 0 amide bonds. The van der Waals surface area contributed by atoms with Gasteiger partial charge in [-0.15, -0.1) is 0 Å². The fourth-order valence-electron chi connectivity index (χ4n) is 3.17. The minimum atomic E-state index is -1.08. The van der Waals surface area contributed by atoms with Crippen LogP contribution in [0.3, 0.4) is 0 Å². The van der Waals surface area contributed by atoms with Crippen LogP contribution in [0.4, 0.5) is 0 Å². The van der Waals surface area contributed by atoms with Gasteiger partial charge in [0, 0.05) is 25.5 Å². The van der Waals surface area contributed by atoms with Gasteiger partial charge in [0.2, 0.25) is 0 Å². The maximum absolute atomic E-state index is 12.2. The van der Waals surface area contributed by atoms with Gasteiger partial charge in [0.15, 0.2) is 11.4 Å². The van der Waals surface area contributed by atoms with Gasteiger partial charge in [0.05, 0.1) is 5.52 Å². The summed E-state index contributed by atoms with van der Waals surface area (Å²) < 4.78 is 8.83. The summed E-state index contributed by atoms with van der Waals surface area (Å²) in [6, 6.07) is 20.0. The Kier molecular flexibility index (Phi) is 5.72. The molecule has 1 N–H and O–H groups in total. The molecule has 4 rings (SSSR count). The minimum Gasteiger partial charge on any atom is -0.476 e. The van der Waals surface area contributed by atoms with E-state index in [0.29, 0.717) is 27.7 Å². The molecule has 0 aliphatic heterocycles. The van der Waals surface area contributed by atoms with Gasteiger partial charge in [-0.05, 0) is 82.8 Å². The molecule has 29 heavy (non-hydrogen) atoms. The molecule has 1 heterocycles. The third kappa shape index (κ3) is 4.22. The lowest BCUT2D eigenvalue weighted by Crippen LogP contribution is -2.10. The van der Waals surface area contributed by atoms with Gasteiger partial charge in [-0.3, -0.25) is 0 Å². The number of carboxylic acid groups (broad SMARTS) is 1. The monoisotopic (exact) mass is 537 g/mol. The third-order valence-corrected chi connectivity index (χ3v) is 5.68. The molecule has 0 radical (unpaired) electrons. The first-order valence-electron chi connectivity index (χ1n) is 8.65. The molecular weight excluding hydrogens is 524 g/mol. The highest BCUT2D eigenvalue weighted by Gasteiger charge is 2.25. The quantitative estimate of drug-likeness (QED) is 0.276. The summed E-state index contributed by atoms with van der Waals surface area (Å²) in [7, 11) is 0. The summed E-state index contributed by atoms with van der Waals surface area (Å²) in [4.78, 5) is 12.2. The van der Waals surface area contributed by atoms with E-state index >= 15 is 0 Å². The molecule has 0 saturated heterocycles. The van der Waals surface area contributed by atoms with E-state index < -0.39 is 5.97 Å². The van der Waals surface area contributed by atoms with Crippen LogP contribution >= 0.6 is 45.8 Å². The van der Waals surface area contributed by atoms with E-state index in [4.69, 9.17) is 27.9 Å². The number of hydrogen-bond donors (Lipinski definition) is 1. The van der Waals surface area contributed by atoms with E-state index in [1.165, 1.54) is 0 Å². The van der Waals surface area contributed by atoms with Crippen molar-refractivity contribution in [2.45, 2.75) is 6.54 Å². The van der Waals surface area contributed by atoms with Gasteiger partial charge in [-0.1, -0.05) is 35.3 Å². The molecule has 4 aromatic rings. The first kappa shape index (κ1) is 20.1. The van der Waals surface area contributed by atoms with Crippen LogP contribution in [0.5, 0.6) is 11.5 Å². The Hall–Kier alpha value is -2.22. The maximum Gasteiger partial charge on any atom is 0.356 e. The Balaban J connectivity index is 1.90. The van der Waals surface area contributed by atoms with Crippen molar-refractivity contribution in [1.29, 1.82) is 0 Å². The average molecular weight is 538 g/mol. The fraction of sp³-hybridized carbons (Fsp3) is 0.0455. The Labute approximate surface area is 190 Å². The van der Waals surface area contributed by atoms with E-state index in [2.05, 4.69) is 22.6 Å². The van der Waals surface area contributed by atoms with Crippen molar-refractivity contribution in [1.82, 2.24) is 4.57 Å². The van der Waals surface area contributed by atoms with Gasteiger partial charge in [-0.25, -0.2) is 4.79 Å². The van der Waals surface area contributed by atoms with Gasteiger partial charge in [0.25, 0.3) is 0 Å². The molecule has 0 aliphatic rings. The van der Waals surface area contributed by atoms with Crippen molar-refractivity contribution in [3.8, 4) is 11.5 Å². The summed E-state index contributed by atoms with van der Waals surface area (Å²) in [6.07, 6.45) is 0. The lowest BCUT2D eigenvalue weighted by molar-refractivity contribution is 0.0683. The number of benzene rings is 3. The second-order valence-electron chi connectivity index (χ2n) is 6.41. The lowest BCUT2D eigenvalue weighted by Gasteiger charge is -2.10. The predicted octanol–water partition coefficient (Wildman–Crippen LogP) is 7.09. The lowest BCUT2D eigenvalue weighted by atomic mass is 10.2. The highest BCUT2D eigenvalue weighted by atomic mass is 127. The van der Waals surface area contributed by atoms with E-state index in [1.54, 1.807) is 47.0 Å². The first-order chi connectivity index (χ1) is 13.9. The number of fused-ring (bicyclic) bond motifs is 1. The average Bonchev–Trinajstić information content (AvgIpc) is 2.98. The van der Waals surface area contributed by atoms with Crippen molar-refractivity contribution in [3.05, 3.63) is 91.6 Å².